The minimum atomic E-state index is 0.713. The van der Waals surface area contributed by atoms with Crippen molar-refractivity contribution in [3.05, 3.63) is 133 Å². The lowest BCUT2D eigenvalue weighted by Crippen LogP contribution is -1.68. The molecule has 0 saturated heterocycles. The summed E-state index contributed by atoms with van der Waals surface area (Å²) in [4.78, 5) is 0. The van der Waals surface area contributed by atoms with Crippen LogP contribution in [0.4, 0.5) is 45.5 Å². The third kappa shape index (κ3) is 7.25. The van der Waals surface area contributed by atoms with Gasteiger partial charge in [-0.25, -0.2) is 0 Å². The van der Waals surface area contributed by atoms with Crippen LogP contribution in [0.3, 0.4) is 0 Å². The zero-order valence-corrected chi connectivity index (χ0v) is 20.3. The van der Waals surface area contributed by atoms with E-state index in [2.05, 4.69) is 40.9 Å². The van der Waals surface area contributed by atoms with E-state index in [-0.39, 0.29) is 0 Å². The van der Waals surface area contributed by atoms with Crippen molar-refractivity contribution in [2.24, 2.45) is 40.9 Å². The average Bonchev–Trinajstić information content (AvgIpc) is 2.99. The van der Waals surface area contributed by atoms with E-state index in [0.717, 1.165) is 34.1 Å². The van der Waals surface area contributed by atoms with Crippen LogP contribution < -0.4 is 0 Å². The van der Waals surface area contributed by atoms with Crippen molar-refractivity contribution in [2.75, 3.05) is 0 Å². The first-order chi connectivity index (χ1) is 18.8. The molecule has 0 N–H and O–H groups in total. The van der Waals surface area contributed by atoms with Crippen LogP contribution in [-0.2, 0) is 0 Å². The molecule has 0 bridgehead atoms. The maximum absolute atomic E-state index is 4.29. The Morgan fingerprint density at radius 3 is 0.526 bits per heavy atom. The molecule has 0 unspecified atom stereocenters. The summed E-state index contributed by atoms with van der Waals surface area (Å²) in [6.45, 7) is 0. The van der Waals surface area contributed by atoms with Gasteiger partial charge in [-0.1, -0.05) is 36.4 Å². The molecule has 0 fully saturated rings. The Balaban J connectivity index is 1.14. The van der Waals surface area contributed by atoms with Gasteiger partial charge in [0.1, 0.15) is 0 Å². The molecule has 0 aromatic heterocycles. The second kappa shape index (κ2) is 12.5. The molecule has 5 aromatic carbocycles. The Morgan fingerprint density at radius 2 is 0.342 bits per heavy atom. The Hall–Kier alpha value is -5.50. The Labute approximate surface area is 219 Å². The van der Waals surface area contributed by atoms with Crippen molar-refractivity contribution >= 4 is 45.5 Å². The monoisotopic (exact) mass is 494 g/mol. The lowest BCUT2D eigenvalue weighted by Gasteiger charge is -1.97. The number of nitrogens with zero attached hydrogens (tertiary/aromatic N) is 8. The highest BCUT2D eigenvalue weighted by molar-refractivity contribution is 5.51. The number of hydrogen-bond donors (Lipinski definition) is 0. The highest BCUT2D eigenvalue weighted by atomic mass is 15.1. The predicted molar refractivity (Wildman–Crippen MR) is 149 cm³/mol. The van der Waals surface area contributed by atoms with Crippen LogP contribution in [0.25, 0.3) is 0 Å². The van der Waals surface area contributed by atoms with Gasteiger partial charge in [-0.05, 0) is 97.1 Å². The largest absolute Gasteiger partial charge is 0.151 e. The molecule has 5 rings (SSSR count). The van der Waals surface area contributed by atoms with E-state index in [1.165, 1.54) is 0 Å². The van der Waals surface area contributed by atoms with Crippen molar-refractivity contribution in [3.63, 3.8) is 0 Å². The third-order valence-electron chi connectivity index (χ3n) is 5.19. The molecule has 0 atom stereocenters. The van der Waals surface area contributed by atoms with Crippen LogP contribution in [0, 0.1) is 0 Å². The molecule has 0 amide bonds. The van der Waals surface area contributed by atoms with Gasteiger partial charge in [0, 0.05) is 0 Å². The Morgan fingerprint density at radius 1 is 0.184 bits per heavy atom. The second-order valence-corrected chi connectivity index (χ2v) is 8.02. The van der Waals surface area contributed by atoms with Crippen LogP contribution in [0.15, 0.2) is 174 Å². The van der Waals surface area contributed by atoms with Crippen molar-refractivity contribution in [1.29, 1.82) is 0 Å². The van der Waals surface area contributed by atoms with Crippen LogP contribution in [0.2, 0.25) is 0 Å². The molecule has 0 aliphatic rings. The summed E-state index contributed by atoms with van der Waals surface area (Å²) in [6.07, 6.45) is 0. The summed E-state index contributed by atoms with van der Waals surface area (Å²) in [5.74, 6) is 0. The van der Waals surface area contributed by atoms with Gasteiger partial charge in [-0.2, -0.15) is 40.9 Å². The summed E-state index contributed by atoms with van der Waals surface area (Å²) in [5.41, 5.74) is 5.97. The average molecular weight is 495 g/mol. The number of azo groups is 4. The van der Waals surface area contributed by atoms with E-state index in [0.29, 0.717) is 11.4 Å². The van der Waals surface area contributed by atoms with Gasteiger partial charge in [0.2, 0.25) is 0 Å². The quantitative estimate of drug-likeness (QED) is 0.192. The standard InChI is InChI=1S/C30H22N8/c1-3-7-23(8-4-1)31-33-25-11-15-27(16-12-25)35-37-29-19-21-30(22-20-29)38-36-28-17-13-26(14-18-28)34-32-24-9-5-2-6-10-24/h1-22H. The van der Waals surface area contributed by atoms with E-state index in [1.807, 2.05) is 133 Å². The maximum Gasteiger partial charge on any atom is 0.0858 e. The van der Waals surface area contributed by atoms with E-state index in [4.69, 9.17) is 0 Å². The first-order valence-electron chi connectivity index (χ1n) is 11.9. The lowest BCUT2D eigenvalue weighted by molar-refractivity contribution is 1.20. The summed E-state index contributed by atoms with van der Waals surface area (Å²) < 4.78 is 0. The van der Waals surface area contributed by atoms with Crippen molar-refractivity contribution in [2.45, 2.75) is 0 Å². The van der Waals surface area contributed by atoms with Gasteiger partial charge in [-0.15, -0.1) is 0 Å². The number of benzene rings is 5. The zero-order valence-electron chi connectivity index (χ0n) is 20.3. The molecule has 8 nitrogen and oxygen atoms in total. The fourth-order valence-electron chi connectivity index (χ4n) is 3.21. The van der Waals surface area contributed by atoms with Gasteiger partial charge in [-0.3, -0.25) is 0 Å². The predicted octanol–water partition coefficient (Wildman–Crippen LogP) is 11.3. The molecule has 0 spiro atoms. The minimum Gasteiger partial charge on any atom is -0.151 e. The summed E-state index contributed by atoms with van der Waals surface area (Å²) in [6, 6.07) is 41.3. The zero-order chi connectivity index (χ0) is 25.8. The van der Waals surface area contributed by atoms with Crippen molar-refractivity contribution < 1.29 is 0 Å². The molecular weight excluding hydrogens is 472 g/mol. The summed E-state index contributed by atoms with van der Waals surface area (Å²) in [7, 11) is 0. The molecule has 0 saturated carbocycles. The number of hydrogen-bond acceptors (Lipinski definition) is 8. The Kier molecular flexibility index (Phi) is 7.94. The van der Waals surface area contributed by atoms with Crippen LogP contribution in [0.5, 0.6) is 0 Å². The van der Waals surface area contributed by atoms with Gasteiger partial charge in [0.05, 0.1) is 45.5 Å². The van der Waals surface area contributed by atoms with Gasteiger partial charge >= 0.3 is 0 Å². The molecule has 5 aromatic rings. The normalized spacial score (nSPS) is 11.8. The third-order valence-corrected chi connectivity index (χ3v) is 5.19. The van der Waals surface area contributed by atoms with Gasteiger partial charge in [0.25, 0.3) is 0 Å². The van der Waals surface area contributed by atoms with Gasteiger partial charge < -0.3 is 0 Å². The molecular formula is C30H22N8. The molecule has 8 heteroatoms. The van der Waals surface area contributed by atoms with Crippen molar-refractivity contribution in [3.8, 4) is 0 Å². The van der Waals surface area contributed by atoms with E-state index >= 15 is 0 Å². The lowest BCUT2D eigenvalue weighted by atomic mass is 10.3. The Bertz CT molecular complexity index is 1440. The molecule has 0 radical (unpaired) electrons. The van der Waals surface area contributed by atoms with Crippen molar-refractivity contribution in [1.82, 2.24) is 0 Å². The molecule has 0 aliphatic carbocycles. The molecule has 38 heavy (non-hydrogen) atoms. The first-order valence-corrected chi connectivity index (χ1v) is 11.9. The first kappa shape index (κ1) is 24.2. The molecule has 0 heterocycles. The van der Waals surface area contributed by atoms with E-state index in [9.17, 15) is 0 Å². The summed E-state index contributed by atoms with van der Waals surface area (Å²) >= 11 is 0. The SMILES string of the molecule is c1ccc(N=Nc2ccc(N=Nc3ccc(N=Nc4ccc(N=Nc5ccccc5)cc4)cc3)cc2)cc1. The highest BCUT2D eigenvalue weighted by Crippen LogP contribution is 2.26. The van der Waals surface area contributed by atoms with E-state index < -0.39 is 0 Å². The van der Waals surface area contributed by atoms with E-state index in [1.54, 1.807) is 0 Å². The minimum absolute atomic E-state index is 0.713. The summed E-state index contributed by atoms with van der Waals surface area (Å²) in [5, 5.41) is 34.0. The molecule has 182 valence electrons. The van der Waals surface area contributed by atoms with Crippen LogP contribution in [-0.4, -0.2) is 0 Å². The smallest absolute Gasteiger partial charge is 0.0858 e. The van der Waals surface area contributed by atoms with Crippen LogP contribution >= 0.6 is 0 Å². The fourth-order valence-corrected chi connectivity index (χ4v) is 3.21. The van der Waals surface area contributed by atoms with Gasteiger partial charge in [0.15, 0.2) is 0 Å². The molecule has 0 aliphatic heterocycles. The maximum atomic E-state index is 4.29. The highest BCUT2D eigenvalue weighted by Gasteiger charge is 1.97. The second-order valence-electron chi connectivity index (χ2n) is 8.02. The fraction of sp³-hybridized carbons (Fsp3) is 0. The number of rotatable bonds is 8. The topological polar surface area (TPSA) is 98.9 Å². The van der Waals surface area contributed by atoms with Crippen LogP contribution in [0.1, 0.15) is 0 Å².